The largest absolute Gasteiger partial charge is 0.294 e. The molecule has 9 rings (SSSR count). The topological polar surface area (TPSA) is 30.7 Å². The van der Waals surface area contributed by atoms with Crippen LogP contribution in [0.5, 0.6) is 0 Å². The second-order valence-electron chi connectivity index (χ2n) is 11.0. The van der Waals surface area contributed by atoms with Crippen LogP contribution in [0.15, 0.2) is 152 Å². The molecule has 0 saturated carbocycles. The van der Waals surface area contributed by atoms with Crippen molar-refractivity contribution in [1.82, 2.24) is 14.5 Å². The molecule has 0 bridgehead atoms. The van der Waals surface area contributed by atoms with Crippen LogP contribution in [-0.2, 0) is 0 Å². The minimum atomic E-state index is 0.718. The molecule has 0 aliphatic rings. The molecule has 200 valence electrons. The first-order valence-corrected chi connectivity index (χ1v) is 14.6. The van der Waals surface area contributed by atoms with E-state index in [1.165, 1.54) is 32.3 Å². The Bertz CT molecular complexity index is 2450. The Kier molecular flexibility index (Phi) is 5.20. The maximum Gasteiger partial charge on any atom is 0.163 e. The lowest BCUT2D eigenvalue weighted by atomic mass is 9.93. The highest BCUT2D eigenvalue weighted by molar-refractivity contribution is 6.19. The van der Waals surface area contributed by atoms with Gasteiger partial charge in [-0.1, -0.05) is 127 Å². The van der Waals surface area contributed by atoms with E-state index in [2.05, 4.69) is 150 Å². The van der Waals surface area contributed by atoms with Crippen molar-refractivity contribution in [3.63, 3.8) is 0 Å². The molecule has 0 atom stereocenters. The Balaban J connectivity index is 1.44. The lowest BCUT2D eigenvalue weighted by molar-refractivity contribution is 1.05. The van der Waals surface area contributed by atoms with Crippen molar-refractivity contribution in [2.45, 2.75) is 0 Å². The lowest BCUT2D eigenvalue weighted by Gasteiger charge is -2.16. The first-order valence-electron chi connectivity index (χ1n) is 14.6. The van der Waals surface area contributed by atoms with Gasteiger partial charge in [-0.15, -0.1) is 0 Å². The summed E-state index contributed by atoms with van der Waals surface area (Å²) in [5.74, 6) is 1.57. The molecule has 2 aromatic heterocycles. The van der Waals surface area contributed by atoms with Crippen LogP contribution in [0.4, 0.5) is 0 Å². The molecule has 0 aliphatic heterocycles. The molecule has 0 amide bonds. The van der Waals surface area contributed by atoms with Crippen LogP contribution < -0.4 is 0 Å². The van der Waals surface area contributed by atoms with Crippen molar-refractivity contribution in [2.75, 3.05) is 0 Å². The summed E-state index contributed by atoms with van der Waals surface area (Å²) in [6.45, 7) is 0. The van der Waals surface area contributed by atoms with E-state index in [1.54, 1.807) is 0 Å². The van der Waals surface area contributed by atoms with E-state index in [0.29, 0.717) is 0 Å². The molecule has 3 nitrogen and oxygen atoms in total. The molecule has 7 aromatic carbocycles. The van der Waals surface area contributed by atoms with Gasteiger partial charge in [-0.05, 0) is 50.5 Å². The van der Waals surface area contributed by atoms with Gasteiger partial charge in [-0.25, -0.2) is 9.97 Å². The Morgan fingerprint density at radius 1 is 0.395 bits per heavy atom. The van der Waals surface area contributed by atoms with Gasteiger partial charge in [-0.3, -0.25) is 4.57 Å². The molecule has 0 N–H and O–H groups in total. The fourth-order valence-electron chi connectivity index (χ4n) is 6.65. The van der Waals surface area contributed by atoms with E-state index >= 15 is 0 Å². The summed E-state index contributed by atoms with van der Waals surface area (Å²) in [7, 11) is 0. The van der Waals surface area contributed by atoms with Crippen molar-refractivity contribution >= 4 is 54.1 Å². The fourth-order valence-corrected chi connectivity index (χ4v) is 6.65. The summed E-state index contributed by atoms with van der Waals surface area (Å²) < 4.78 is 2.28. The molecule has 9 aromatic rings. The van der Waals surface area contributed by atoms with Crippen molar-refractivity contribution in [2.24, 2.45) is 0 Å². The second kappa shape index (κ2) is 9.37. The van der Waals surface area contributed by atoms with Gasteiger partial charge in [0.1, 0.15) is 5.82 Å². The number of hydrogen-bond donors (Lipinski definition) is 0. The predicted molar refractivity (Wildman–Crippen MR) is 180 cm³/mol. The average Bonchev–Trinajstić information content (AvgIpc) is 3.42. The third-order valence-corrected chi connectivity index (χ3v) is 8.58. The standard InChI is InChI=1S/C40H25N3/c1-2-13-27(14-3-1)35-25-38(43-36-20-10-8-18-31(36)32-19-9-11-21-37(32)43)42-40(41-35)39-30-17-7-5-15-28(30)24-34-29-16-6-4-12-26(29)22-23-33(34)39/h1-25H. The predicted octanol–water partition coefficient (Wildman–Crippen LogP) is 10.4. The quantitative estimate of drug-likeness (QED) is 0.163. The highest BCUT2D eigenvalue weighted by atomic mass is 15.1. The van der Waals surface area contributed by atoms with Crippen LogP contribution in [0, 0.1) is 0 Å². The van der Waals surface area contributed by atoms with Crippen molar-refractivity contribution < 1.29 is 0 Å². The molecule has 0 aliphatic carbocycles. The van der Waals surface area contributed by atoms with Crippen LogP contribution >= 0.6 is 0 Å². The van der Waals surface area contributed by atoms with Crippen molar-refractivity contribution in [3.05, 3.63) is 152 Å². The number of rotatable bonds is 3. The van der Waals surface area contributed by atoms with Crippen molar-refractivity contribution in [3.8, 4) is 28.5 Å². The number of para-hydroxylation sites is 2. The Morgan fingerprint density at radius 2 is 1.00 bits per heavy atom. The van der Waals surface area contributed by atoms with Gasteiger partial charge in [0, 0.05) is 28.0 Å². The van der Waals surface area contributed by atoms with Gasteiger partial charge in [-0.2, -0.15) is 0 Å². The normalized spacial score (nSPS) is 11.7. The van der Waals surface area contributed by atoms with Crippen LogP contribution in [0.3, 0.4) is 0 Å². The molecular formula is C40H25N3. The van der Waals surface area contributed by atoms with Crippen LogP contribution in [0.25, 0.3) is 82.6 Å². The summed E-state index contributed by atoms with van der Waals surface area (Å²) in [5.41, 5.74) is 5.26. The zero-order valence-electron chi connectivity index (χ0n) is 23.3. The molecule has 0 saturated heterocycles. The van der Waals surface area contributed by atoms with E-state index in [1.807, 2.05) is 6.07 Å². The highest BCUT2D eigenvalue weighted by Crippen LogP contribution is 2.40. The molecule has 43 heavy (non-hydrogen) atoms. The first-order chi connectivity index (χ1) is 21.3. The highest BCUT2D eigenvalue weighted by Gasteiger charge is 2.19. The lowest BCUT2D eigenvalue weighted by Crippen LogP contribution is -2.03. The molecule has 0 unspecified atom stereocenters. The number of fused-ring (bicyclic) bond motifs is 7. The Morgan fingerprint density at radius 3 is 1.74 bits per heavy atom. The zero-order chi connectivity index (χ0) is 28.3. The van der Waals surface area contributed by atoms with E-state index in [4.69, 9.17) is 9.97 Å². The third kappa shape index (κ3) is 3.68. The number of hydrogen-bond acceptors (Lipinski definition) is 2. The zero-order valence-corrected chi connectivity index (χ0v) is 23.3. The van der Waals surface area contributed by atoms with Crippen molar-refractivity contribution in [1.29, 1.82) is 0 Å². The monoisotopic (exact) mass is 547 g/mol. The van der Waals surface area contributed by atoms with Crippen LogP contribution in [-0.4, -0.2) is 14.5 Å². The van der Waals surface area contributed by atoms with E-state index in [9.17, 15) is 0 Å². The third-order valence-electron chi connectivity index (χ3n) is 8.58. The maximum absolute atomic E-state index is 5.40. The average molecular weight is 548 g/mol. The minimum absolute atomic E-state index is 0.718. The smallest absolute Gasteiger partial charge is 0.163 e. The summed E-state index contributed by atoms with van der Waals surface area (Å²) in [5, 5.41) is 9.55. The second-order valence-corrected chi connectivity index (χ2v) is 11.0. The van der Waals surface area contributed by atoms with E-state index in [0.717, 1.165) is 50.3 Å². The maximum atomic E-state index is 5.40. The van der Waals surface area contributed by atoms with Gasteiger partial charge < -0.3 is 0 Å². The number of benzene rings is 7. The molecule has 3 heteroatoms. The molecule has 0 fully saturated rings. The van der Waals surface area contributed by atoms with Crippen LogP contribution in [0.2, 0.25) is 0 Å². The minimum Gasteiger partial charge on any atom is -0.294 e. The molecule has 2 heterocycles. The Hall–Kier alpha value is -5.80. The number of aromatic nitrogens is 3. The summed E-state index contributed by atoms with van der Waals surface area (Å²) in [4.78, 5) is 10.7. The van der Waals surface area contributed by atoms with E-state index in [-0.39, 0.29) is 0 Å². The summed E-state index contributed by atoms with van der Waals surface area (Å²) in [6, 6.07) is 53.6. The van der Waals surface area contributed by atoms with Crippen LogP contribution in [0.1, 0.15) is 0 Å². The fraction of sp³-hybridized carbons (Fsp3) is 0. The van der Waals surface area contributed by atoms with E-state index < -0.39 is 0 Å². The van der Waals surface area contributed by atoms with Gasteiger partial charge in [0.2, 0.25) is 0 Å². The Labute approximate surface area is 248 Å². The molecular weight excluding hydrogens is 522 g/mol. The van der Waals surface area contributed by atoms with Gasteiger partial charge in [0.05, 0.1) is 16.7 Å². The summed E-state index contributed by atoms with van der Waals surface area (Å²) in [6.07, 6.45) is 0. The van der Waals surface area contributed by atoms with Gasteiger partial charge in [0.15, 0.2) is 5.82 Å². The number of nitrogens with zero attached hydrogens (tertiary/aromatic N) is 3. The molecule has 0 spiro atoms. The first kappa shape index (κ1) is 23.9. The van der Waals surface area contributed by atoms with Gasteiger partial charge >= 0.3 is 0 Å². The summed E-state index contributed by atoms with van der Waals surface area (Å²) >= 11 is 0. The van der Waals surface area contributed by atoms with Gasteiger partial charge in [0.25, 0.3) is 0 Å². The molecule has 0 radical (unpaired) electrons. The SMILES string of the molecule is c1ccc(-c2cc(-n3c4ccccc4c4ccccc43)nc(-c3c4ccccc4cc4c3ccc3ccccc34)n2)cc1.